The maximum absolute atomic E-state index is 12.4. The Balaban J connectivity index is 1.83. The second-order valence-corrected chi connectivity index (χ2v) is 6.43. The number of nitrogens with one attached hydrogen (secondary N) is 1. The van der Waals surface area contributed by atoms with Gasteiger partial charge in [0.15, 0.2) is 0 Å². The van der Waals surface area contributed by atoms with Gasteiger partial charge in [-0.25, -0.2) is 0 Å². The lowest BCUT2D eigenvalue weighted by Crippen LogP contribution is -2.03. The molecule has 1 N–H and O–H groups in total. The SMILES string of the molecule is COCCn1cc(/C=C2/C(=O)Nc3cc(Cl)ccc32)c2ccccc21. The van der Waals surface area contributed by atoms with E-state index in [2.05, 4.69) is 28.2 Å². The number of carbonyl (C=O) groups excluding carboxylic acids is 1. The molecule has 2 aromatic carbocycles. The number of benzene rings is 2. The molecule has 0 aliphatic carbocycles. The van der Waals surface area contributed by atoms with Crippen molar-refractivity contribution in [3.63, 3.8) is 0 Å². The maximum Gasteiger partial charge on any atom is 0.256 e. The first-order chi connectivity index (χ1) is 12.2. The lowest BCUT2D eigenvalue weighted by atomic mass is 10.0. The molecule has 25 heavy (non-hydrogen) atoms. The number of halogens is 1. The molecule has 1 amide bonds. The summed E-state index contributed by atoms with van der Waals surface area (Å²) in [4.78, 5) is 12.4. The Hall–Kier alpha value is -2.56. The van der Waals surface area contributed by atoms with Crippen LogP contribution in [0.15, 0.2) is 48.7 Å². The molecule has 0 saturated carbocycles. The summed E-state index contributed by atoms with van der Waals surface area (Å²) >= 11 is 6.02. The highest BCUT2D eigenvalue weighted by Crippen LogP contribution is 2.36. The molecular formula is C20H17ClN2O2. The van der Waals surface area contributed by atoms with E-state index >= 15 is 0 Å². The summed E-state index contributed by atoms with van der Waals surface area (Å²) in [7, 11) is 1.69. The number of carbonyl (C=O) groups is 1. The molecule has 4 rings (SSSR count). The molecule has 3 aromatic rings. The predicted octanol–water partition coefficient (Wildman–Crippen LogP) is 4.43. The van der Waals surface area contributed by atoms with Crippen LogP contribution in [0.4, 0.5) is 5.69 Å². The number of para-hydroxylation sites is 1. The van der Waals surface area contributed by atoms with Crippen LogP contribution in [-0.4, -0.2) is 24.2 Å². The minimum Gasteiger partial charge on any atom is -0.383 e. The topological polar surface area (TPSA) is 43.3 Å². The first-order valence-electron chi connectivity index (χ1n) is 8.07. The first-order valence-corrected chi connectivity index (χ1v) is 8.45. The van der Waals surface area contributed by atoms with Crippen molar-refractivity contribution in [1.29, 1.82) is 0 Å². The molecule has 0 unspecified atom stereocenters. The average Bonchev–Trinajstić information content (AvgIpc) is 3.11. The van der Waals surface area contributed by atoms with E-state index in [1.165, 1.54) is 0 Å². The van der Waals surface area contributed by atoms with Gasteiger partial charge < -0.3 is 14.6 Å². The molecule has 0 saturated heterocycles. The zero-order valence-electron chi connectivity index (χ0n) is 13.8. The van der Waals surface area contributed by atoms with Crippen LogP contribution in [0.1, 0.15) is 11.1 Å². The van der Waals surface area contributed by atoms with Gasteiger partial charge in [0.05, 0.1) is 12.3 Å². The van der Waals surface area contributed by atoms with Gasteiger partial charge in [0.1, 0.15) is 0 Å². The fourth-order valence-corrected chi connectivity index (χ4v) is 3.40. The molecule has 1 aliphatic rings. The Morgan fingerprint density at radius 2 is 2.08 bits per heavy atom. The molecule has 1 aliphatic heterocycles. The van der Waals surface area contributed by atoms with E-state index in [4.69, 9.17) is 16.3 Å². The van der Waals surface area contributed by atoms with E-state index in [1.54, 1.807) is 19.2 Å². The number of anilines is 1. The van der Waals surface area contributed by atoms with E-state index < -0.39 is 0 Å². The van der Waals surface area contributed by atoms with Gasteiger partial charge in [0, 0.05) is 52.5 Å². The molecule has 126 valence electrons. The molecule has 2 heterocycles. The van der Waals surface area contributed by atoms with Gasteiger partial charge in [-0.2, -0.15) is 0 Å². The lowest BCUT2D eigenvalue weighted by molar-refractivity contribution is -0.110. The van der Waals surface area contributed by atoms with E-state index in [-0.39, 0.29) is 5.91 Å². The standard InChI is InChI=1S/C20H17ClN2O2/c1-25-9-8-23-12-13(15-4-2-3-5-19(15)23)10-17-16-7-6-14(21)11-18(16)22-20(17)24/h2-7,10-12H,8-9H2,1H3,(H,22,24)/b17-10+. The van der Waals surface area contributed by atoms with Crippen LogP contribution < -0.4 is 5.32 Å². The molecule has 4 nitrogen and oxygen atoms in total. The Morgan fingerprint density at radius 3 is 2.92 bits per heavy atom. The molecule has 0 spiro atoms. The highest BCUT2D eigenvalue weighted by Gasteiger charge is 2.24. The molecule has 5 heteroatoms. The number of hydrogen-bond acceptors (Lipinski definition) is 2. The largest absolute Gasteiger partial charge is 0.383 e. The third kappa shape index (κ3) is 2.84. The molecular weight excluding hydrogens is 336 g/mol. The van der Waals surface area contributed by atoms with Crippen molar-refractivity contribution in [1.82, 2.24) is 4.57 Å². The summed E-state index contributed by atoms with van der Waals surface area (Å²) in [5.41, 5.74) is 4.43. The number of aromatic nitrogens is 1. The number of rotatable bonds is 4. The van der Waals surface area contributed by atoms with Crippen LogP contribution in [0, 0.1) is 0 Å². The summed E-state index contributed by atoms with van der Waals surface area (Å²) in [5, 5.41) is 4.60. The first kappa shape index (κ1) is 15.9. The number of ether oxygens (including phenoxy) is 1. The average molecular weight is 353 g/mol. The number of methoxy groups -OCH3 is 1. The molecule has 0 bridgehead atoms. The Morgan fingerprint density at radius 1 is 1.24 bits per heavy atom. The molecule has 1 aromatic heterocycles. The van der Waals surface area contributed by atoms with Crippen LogP contribution in [0.5, 0.6) is 0 Å². The van der Waals surface area contributed by atoms with Crippen LogP contribution in [0.3, 0.4) is 0 Å². The van der Waals surface area contributed by atoms with Crippen LogP contribution in [0.2, 0.25) is 5.02 Å². The molecule has 0 radical (unpaired) electrons. The minimum absolute atomic E-state index is 0.106. The van der Waals surface area contributed by atoms with Gasteiger partial charge in [-0.1, -0.05) is 35.9 Å². The third-order valence-corrected chi connectivity index (χ3v) is 4.66. The van der Waals surface area contributed by atoms with Gasteiger partial charge in [0.25, 0.3) is 5.91 Å². The third-order valence-electron chi connectivity index (χ3n) is 4.42. The van der Waals surface area contributed by atoms with Crippen molar-refractivity contribution >= 4 is 45.7 Å². The molecule has 0 atom stereocenters. The summed E-state index contributed by atoms with van der Waals surface area (Å²) in [5.74, 6) is -0.106. The highest BCUT2D eigenvalue weighted by molar-refractivity contribution is 6.36. The van der Waals surface area contributed by atoms with Crippen LogP contribution >= 0.6 is 11.6 Å². The second kappa shape index (κ2) is 6.39. The quantitative estimate of drug-likeness (QED) is 0.706. The summed E-state index contributed by atoms with van der Waals surface area (Å²) < 4.78 is 7.35. The number of nitrogens with zero attached hydrogens (tertiary/aromatic N) is 1. The Bertz CT molecular complexity index is 1000. The van der Waals surface area contributed by atoms with Crippen molar-refractivity contribution in [3.05, 3.63) is 64.8 Å². The van der Waals surface area contributed by atoms with E-state index in [0.29, 0.717) is 17.2 Å². The van der Waals surface area contributed by atoms with Crippen LogP contribution in [-0.2, 0) is 16.1 Å². The Kier molecular flexibility index (Phi) is 4.07. The van der Waals surface area contributed by atoms with Crippen molar-refractivity contribution in [2.24, 2.45) is 0 Å². The van der Waals surface area contributed by atoms with Gasteiger partial charge in [0.2, 0.25) is 0 Å². The highest BCUT2D eigenvalue weighted by atomic mass is 35.5. The van der Waals surface area contributed by atoms with Gasteiger partial charge >= 0.3 is 0 Å². The predicted molar refractivity (Wildman–Crippen MR) is 102 cm³/mol. The summed E-state index contributed by atoms with van der Waals surface area (Å²) in [6.45, 7) is 1.40. The van der Waals surface area contributed by atoms with Crippen molar-refractivity contribution in [3.8, 4) is 0 Å². The van der Waals surface area contributed by atoms with Crippen molar-refractivity contribution in [2.45, 2.75) is 6.54 Å². The van der Waals surface area contributed by atoms with Gasteiger partial charge in [-0.05, 0) is 24.3 Å². The monoisotopic (exact) mass is 352 g/mol. The maximum atomic E-state index is 12.4. The second-order valence-electron chi connectivity index (χ2n) is 5.99. The van der Waals surface area contributed by atoms with E-state index in [0.717, 1.165) is 34.3 Å². The van der Waals surface area contributed by atoms with Gasteiger partial charge in [-0.3, -0.25) is 4.79 Å². The summed E-state index contributed by atoms with van der Waals surface area (Å²) in [6, 6.07) is 13.6. The zero-order chi connectivity index (χ0) is 17.4. The fraction of sp³-hybridized carbons (Fsp3) is 0.150. The zero-order valence-corrected chi connectivity index (χ0v) is 14.5. The smallest absolute Gasteiger partial charge is 0.256 e. The molecule has 0 fully saturated rings. The van der Waals surface area contributed by atoms with Crippen molar-refractivity contribution in [2.75, 3.05) is 19.0 Å². The van der Waals surface area contributed by atoms with Crippen molar-refractivity contribution < 1.29 is 9.53 Å². The number of hydrogen-bond donors (Lipinski definition) is 1. The van der Waals surface area contributed by atoms with Gasteiger partial charge in [-0.15, -0.1) is 0 Å². The number of fused-ring (bicyclic) bond motifs is 2. The van der Waals surface area contributed by atoms with Crippen LogP contribution in [0.25, 0.3) is 22.6 Å². The van der Waals surface area contributed by atoms with E-state index in [9.17, 15) is 4.79 Å². The Labute approximate surface area is 150 Å². The fourth-order valence-electron chi connectivity index (χ4n) is 3.23. The number of amides is 1. The normalized spacial score (nSPS) is 15.0. The summed E-state index contributed by atoms with van der Waals surface area (Å²) in [6.07, 6.45) is 4.01. The minimum atomic E-state index is -0.106. The lowest BCUT2D eigenvalue weighted by Gasteiger charge is -2.03. The van der Waals surface area contributed by atoms with E-state index in [1.807, 2.05) is 24.3 Å².